The molecule has 0 bridgehead atoms. The van der Waals surface area contributed by atoms with Gasteiger partial charge < -0.3 is 30.5 Å². The van der Waals surface area contributed by atoms with Crippen LogP contribution < -0.4 is 25.4 Å². The molecule has 19 nitrogen and oxygen atoms in total. The molecule has 1 fully saturated rings. The first-order valence-corrected chi connectivity index (χ1v) is 18.5. The predicted molar refractivity (Wildman–Crippen MR) is 212 cm³/mol. The fourth-order valence-electron chi connectivity index (χ4n) is 5.07. The zero-order valence-electron chi connectivity index (χ0n) is 31.5. The number of hydrogen-bond donors (Lipinski definition) is 4. The minimum atomic E-state index is -1.05. The van der Waals surface area contributed by atoms with Crippen molar-refractivity contribution in [3.8, 4) is 28.5 Å². The summed E-state index contributed by atoms with van der Waals surface area (Å²) >= 11 is 5.84. The van der Waals surface area contributed by atoms with E-state index in [0.717, 1.165) is 25.0 Å². The van der Waals surface area contributed by atoms with Gasteiger partial charge in [0.25, 0.3) is 5.91 Å². The van der Waals surface area contributed by atoms with Crippen LogP contribution in [0.15, 0.2) is 51.5 Å². The summed E-state index contributed by atoms with van der Waals surface area (Å²) in [5, 5.41) is 54.1. The van der Waals surface area contributed by atoms with Gasteiger partial charge in [-0.1, -0.05) is 6.92 Å². The molecular formula is C35H33Br2F3N10O9. The van der Waals surface area contributed by atoms with Crippen LogP contribution in [0.1, 0.15) is 35.8 Å². The molecule has 1 aliphatic rings. The second-order valence-electron chi connectivity index (χ2n) is 12.0. The highest BCUT2D eigenvalue weighted by Crippen LogP contribution is 2.42. The molecule has 1 aliphatic carbocycles. The molecule has 2 aromatic heterocycles. The molecular weight excluding hydrogens is 921 g/mol. The third-order valence-corrected chi connectivity index (χ3v) is 9.37. The molecule has 0 aliphatic heterocycles. The molecule has 6 rings (SSSR count). The maximum Gasteiger partial charge on any atom is 0.347 e. The van der Waals surface area contributed by atoms with E-state index in [2.05, 4.69) is 72.9 Å². The Balaban J connectivity index is 0.000000250. The third kappa shape index (κ3) is 10.8. The summed E-state index contributed by atoms with van der Waals surface area (Å²) in [5.74, 6) is -3.74. The van der Waals surface area contributed by atoms with Crippen LogP contribution >= 0.6 is 31.9 Å². The van der Waals surface area contributed by atoms with Crippen LogP contribution in [0, 0.1) is 43.6 Å². The van der Waals surface area contributed by atoms with Crippen LogP contribution in [0.25, 0.3) is 11.3 Å². The largest absolute Gasteiger partial charge is 0.501 e. The molecule has 0 radical (unpaired) electrons. The zero-order chi connectivity index (χ0) is 43.7. The van der Waals surface area contributed by atoms with Gasteiger partial charge in [-0.25, -0.2) is 4.39 Å². The van der Waals surface area contributed by atoms with Crippen molar-refractivity contribution in [2.75, 3.05) is 31.9 Å². The lowest BCUT2D eigenvalue weighted by molar-refractivity contribution is -0.388. The van der Waals surface area contributed by atoms with Crippen molar-refractivity contribution in [1.82, 2.24) is 30.5 Å². The van der Waals surface area contributed by atoms with E-state index in [9.17, 15) is 38.6 Å². The van der Waals surface area contributed by atoms with Gasteiger partial charge >= 0.3 is 11.4 Å². The average molecular weight is 955 g/mol. The van der Waals surface area contributed by atoms with Gasteiger partial charge in [0.2, 0.25) is 29.0 Å². The van der Waals surface area contributed by atoms with E-state index in [1.54, 1.807) is 19.3 Å². The van der Waals surface area contributed by atoms with E-state index < -0.39 is 50.3 Å². The number of amides is 2. The Morgan fingerprint density at radius 1 is 0.966 bits per heavy atom. The van der Waals surface area contributed by atoms with Gasteiger partial charge in [0.05, 0.1) is 44.9 Å². The number of nitrogens with one attached hydrogen (secondary N) is 3. The van der Waals surface area contributed by atoms with E-state index in [4.69, 9.17) is 9.84 Å². The smallest absolute Gasteiger partial charge is 0.347 e. The van der Waals surface area contributed by atoms with E-state index in [0.29, 0.717) is 27.7 Å². The van der Waals surface area contributed by atoms with Crippen molar-refractivity contribution in [2.45, 2.75) is 26.2 Å². The van der Waals surface area contributed by atoms with Gasteiger partial charge in [-0.3, -0.25) is 29.8 Å². The van der Waals surface area contributed by atoms with Crippen molar-refractivity contribution in [3.05, 3.63) is 100 Å². The van der Waals surface area contributed by atoms with Crippen LogP contribution in [0.3, 0.4) is 0 Å². The summed E-state index contributed by atoms with van der Waals surface area (Å²) in [6.45, 7) is 1.82. The normalized spacial score (nSPS) is 11.6. The summed E-state index contributed by atoms with van der Waals surface area (Å²) in [4.78, 5) is 44.8. The molecule has 1 saturated carbocycles. The Morgan fingerprint density at radius 3 is 2.07 bits per heavy atom. The number of methoxy groups -OCH3 is 2. The standard InChI is InChI=1S/C22H25FN8O3.C7H5BrFNO3.C6H3BrFNO3/c1-5-11-8-13(15-10-25-31(3)30-15)20(34-4)19(17(11)23)26-14-9-16(27-21(32)12-6-7-12)28-29-18(14)22(33)24-2;1-13-7-4(8)2-3-5(9)6(7)10(11)12;7-3-1-2-4(8)5(6(3)10)9(11)12/h8-10,12H,5-7H2,1-4H3,(H,24,33)(H2,26,27,28,32);2-3H,1H3;1-2,10H. The molecule has 2 amide bonds. The number of benzene rings is 3. The van der Waals surface area contributed by atoms with Crippen LogP contribution in [-0.2, 0) is 18.3 Å². The van der Waals surface area contributed by atoms with Gasteiger partial charge in [0, 0.05) is 31.6 Å². The van der Waals surface area contributed by atoms with Crippen LogP contribution in [-0.4, -0.2) is 73.2 Å². The third-order valence-electron chi connectivity index (χ3n) is 8.10. The number of nitrogens with zero attached hydrogens (tertiary/aromatic N) is 7. The quantitative estimate of drug-likeness (QED) is 0.0759. The van der Waals surface area contributed by atoms with Crippen molar-refractivity contribution < 1.29 is 47.2 Å². The molecule has 3 aromatic carbocycles. The number of rotatable bonds is 11. The average Bonchev–Trinajstić information content (AvgIpc) is 3.97. The molecule has 0 spiro atoms. The molecule has 312 valence electrons. The Hall–Kier alpha value is -6.43. The first-order valence-electron chi connectivity index (χ1n) is 16.9. The number of aromatic nitrogens is 5. The second-order valence-corrected chi connectivity index (χ2v) is 13.7. The molecule has 2 heterocycles. The maximum atomic E-state index is 15.6. The highest BCUT2D eigenvalue weighted by atomic mass is 79.9. The number of phenolic OH excluding ortho intramolecular Hbond substituents is 1. The van der Waals surface area contributed by atoms with Crippen LogP contribution in [0.2, 0.25) is 0 Å². The summed E-state index contributed by atoms with van der Waals surface area (Å²) in [7, 11) is 5.78. The van der Waals surface area contributed by atoms with Gasteiger partial charge in [0.1, 0.15) is 11.4 Å². The molecule has 24 heteroatoms. The van der Waals surface area contributed by atoms with Crippen molar-refractivity contribution in [2.24, 2.45) is 13.0 Å². The van der Waals surface area contributed by atoms with Crippen LogP contribution in [0.4, 0.5) is 41.7 Å². The van der Waals surface area contributed by atoms with Gasteiger partial charge in [-0.2, -0.15) is 23.8 Å². The highest BCUT2D eigenvalue weighted by Gasteiger charge is 2.31. The number of carbonyl (C=O) groups is 2. The Morgan fingerprint density at radius 2 is 1.58 bits per heavy atom. The predicted octanol–water partition coefficient (Wildman–Crippen LogP) is 7.14. The first-order chi connectivity index (χ1) is 28.0. The summed E-state index contributed by atoms with van der Waals surface area (Å²) in [6.07, 6.45) is 3.59. The number of phenols is 1. The Kier molecular flexibility index (Phi) is 15.2. The SMILES string of the molecule is CCc1cc(-c2cnn(C)n2)c(OC)c(Nc2cc(NC(=O)C3CC3)nnc2C(=O)NC)c1F.COc1c(Br)ccc(F)c1[N+](=O)[O-].O=[N+]([O-])c1c(F)ccc(Br)c1O. The maximum absolute atomic E-state index is 15.6. The second kappa shape index (κ2) is 19.8. The number of aryl methyl sites for hydroxylation is 2. The molecule has 5 aromatic rings. The van der Waals surface area contributed by atoms with Gasteiger partial charge in [0.15, 0.2) is 23.1 Å². The monoisotopic (exact) mass is 952 g/mol. The van der Waals surface area contributed by atoms with Crippen molar-refractivity contribution in [3.63, 3.8) is 0 Å². The van der Waals surface area contributed by atoms with Crippen molar-refractivity contribution in [1.29, 1.82) is 0 Å². The molecule has 0 atom stereocenters. The molecule has 0 unspecified atom stereocenters. The number of carbonyl (C=O) groups excluding carboxylic acids is 2. The number of hydrogen-bond acceptors (Lipinski definition) is 14. The number of halogens is 5. The Bertz CT molecular complexity index is 2420. The topological polar surface area (TPSA) is 252 Å². The fourth-order valence-corrected chi connectivity index (χ4v) is 5.87. The number of nitro benzene ring substituents is 2. The molecule has 0 saturated heterocycles. The number of nitro groups is 2. The number of aromatic hydroxyl groups is 1. The highest BCUT2D eigenvalue weighted by molar-refractivity contribution is 9.11. The lowest BCUT2D eigenvalue weighted by Crippen LogP contribution is -2.22. The fraction of sp³-hybridized carbons (Fsp3) is 0.257. The lowest BCUT2D eigenvalue weighted by Gasteiger charge is -2.19. The molecule has 4 N–H and O–H groups in total. The Labute approximate surface area is 348 Å². The van der Waals surface area contributed by atoms with Gasteiger partial charge in [-0.15, -0.1) is 10.2 Å². The minimum Gasteiger partial charge on any atom is -0.501 e. The summed E-state index contributed by atoms with van der Waals surface area (Å²) in [5.41, 5.74) is -0.0561. The summed E-state index contributed by atoms with van der Waals surface area (Å²) < 4.78 is 51.8. The number of anilines is 3. The van der Waals surface area contributed by atoms with Gasteiger partial charge in [-0.05, 0) is 87.0 Å². The van der Waals surface area contributed by atoms with Crippen LogP contribution in [0.5, 0.6) is 17.2 Å². The first kappa shape index (κ1) is 45.3. The summed E-state index contributed by atoms with van der Waals surface area (Å²) in [6, 6.07) is 7.55. The zero-order valence-corrected chi connectivity index (χ0v) is 34.6. The minimum absolute atomic E-state index is 0.000116. The van der Waals surface area contributed by atoms with E-state index in [-0.39, 0.29) is 50.7 Å². The van der Waals surface area contributed by atoms with E-state index in [1.807, 2.05) is 6.92 Å². The number of ether oxygens (including phenoxy) is 2. The lowest BCUT2D eigenvalue weighted by atomic mass is 10.0. The van der Waals surface area contributed by atoms with Crippen molar-refractivity contribution >= 4 is 72.2 Å². The van der Waals surface area contributed by atoms with E-state index >= 15 is 4.39 Å². The molecule has 59 heavy (non-hydrogen) atoms. The van der Waals surface area contributed by atoms with E-state index in [1.165, 1.54) is 44.3 Å².